The predicted molar refractivity (Wildman–Crippen MR) is 46.1 cm³/mol. The van der Waals surface area contributed by atoms with E-state index in [1.54, 1.807) is 6.20 Å². The highest BCUT2D eigenvalue weighted by Gasteiger charge is 1.95. The Kier molecular flexibility index (Phi) is 1.76. The quantitative estimate of drug-likeness (QED) is 0.626. The maximum absolute atomic E-state index is 10.5. The molecule has 0 unspecified atom stereocenters. The summed E-state index contributed by atoms with van der Waals surface area (Å²) >= 11 is 0. The van der Waals surface area contributed by atoms with E-state index in [-0.39, 0.29) is 6.61 Å². The van der Waals surface area contributed by atoms with E-state index in [9.17, 15) is 5.11 Å². The second-order valence-electron chi connectivity index (χ2n) is 2.67. The molecule has 1 aromatic carbocycles. The third-order valence-electron chi connectivity index (χ3n) is 1.84. The van der Waals surface area contributed by atoms with Gasteiger partial charge in [-0.25, -0.2) is 5.11 Å². The van der Waals surface area contributed by atoms with Gasteiger partial charge in [-0.3, -0.25) is 4.98 Å². The molecule has 0 fully saturated rings. The number of fused-ring (bicyclic) bond motifs is 1. The van der Waals surface area contributed by atoms with Gasteiger partial charge < -0.3 is 0 Å². The number of nitrogens with zero attached hydrogens (tertiary/aromatic N) is 1. The molecule has 2 aromatic rings. The number of aromatic nitrogens is 1. The van der Waals surface area contributed by atoms with E-state index in [1.807, 2.05) is 30.3 Å². The molecule has 1 heterocycles. The lowest BCUT2D eigenvalue weighted by molar-refractivity contribution is 0.174. The van der Waals surface area contributed by atoms with E-state index in [1.165, 1.54) is 0 Å². The fraction of sp³-hybridized carbons (Fsp3) is 0.100. The first-order chi connectivity index (χ1) is 5.90. The van der Waals surface area contributed by atoms with Crippen LogP contribution in [0.4, 0.5) is 0 Å². The molecule has 2 rings (SSSR count). The first-order valence-corrected chi connectivity index (χ1v) is 3.82. The van der Waals surface area contributed by atoms with Gasteiger partial charge in [0.25, 0.3) is 0 Å². The molecule has 0 aliphatic carbocycles. The molecule has 1 aromatic heterocycles. The smallest absolute Gasteiger partial charge is 0.124 e. The van der Waals surface area contributed by atoms with Gasteiger partial charge in [0, 0.05) is 11.6 Å². The maximum atomic E-state index is 10.5. The molecule has 0 saturated carbocycles. The van der Waals surface area contributed by atoms with Crippen molar-refractivity contribution < 1.29 is 5.11 Å². The van der Waals surface area contributed by atoms with Crippen LogP contribution in [0, 0.1) is 0 Å². The number of hydrogen-bond acceptors (Lipinski definition) is 1. The Bertz CT molecular complexity index is 398. The van der Waals surface area contributed by atoms with Crippen LogP contribution in [0.25, 0.3) is 10.8 Å². The summed E-state index contributed by atoms with van der Waals surface area (Å²) in [7, 11) is 0. The van der Waals surface area contributed by atoms with Gasteiger partial charge in [0.15, 0.2) is 0 Å². The summed E-state index contributed by atoms with van der Waals surface area (Å²) in [6.07, 6.45) is 1.74. The van der Waals surface area contributed by atoms with Crippen LogP contribution in [0.3, 0.4) is 0 Å². The lowest BCUT2D eigenvalue weighted by Crippen LogP contribution is -1.86. The SMILES string of the molecule is [O]Cc1cc2ccccc2cn1. The highest BCUT2D eigenvalue weighted by molar-refractivity contribution is 5.81. The number of benzene rings is 1. The van der Waals surface area contributed by atoms with Crippen LogP contribution in [0.1, 0.15) is 5.69 Å². The van der Waals surface area contributed by atoms with Gasteiger partial charge in [-0.2, -0.15) is 0 Å². The zero-order valence-corrected chi connectivity index (χ0v) is 6.53. The highest BCUT2D eigenvalue weighted by Crippen LogP contribution is 2.12. The summed E-state index contributed by atoms with van der Waals surface area (Å²) in [5.74, 6) is 0. The van der Waals surface area contributed by atoms with Crippen LogP contribution in [-0.4, -0.2) is 4.98 Å². The average Bonchev–Trinajstić information content (AvgIpc) is 2.17. The lowest BCUT2D eigenvalue weighted by atomic mass is 10.1. The molecule has 2 heteroatoms. The average molecular weight is 158 g/mol. The van der Waals surface area contributed by atoms with E-state index in [0.717, 1.165) is 10.8 Å². The van der Waals surface area contributed by atoms with Crippen molar-refractivity contribution in [1.29, 1.82) is 0 Å². The molecular formula is C10H8NO. The Labute approximate surface area is 70.5 Å². The molecule has 1 radical (unpaired) electrons. The number of pyridine rings is 1. The molecule has 0 N–H and O–H groups in total. The summed E-state index contributed by atoms with van der Waals surface area (Å²) < 4.78 is 0. The van der Waals surface area contributed by atoms with Gasteiger partial charge in [0.05, 0.1) is 5.69 Å². The molecule has 59 valence electrons. The Morgan fingerprint density at radius 3 is 2.67 bits per heavy atom. The minimum absolute atomic E-state index is 0.245. The Morgan fingerprint density at radius 1 is 1.17 bits per heavy atom. The van der Waals surface area contributed by atoms with Gasteiger partial charge in [0.1, 0.15) is 6.61 Å². The van der Waals surface area contributed by atoms with Crippen molar-refractivity contribution in [3.05, 3.63) is 42.2 Å². The molecule has 0 atom stereocenters. The third-order valence-corrected chi connectivity index (χ3v) is 1.84. The van der Waals surface area contributed by atoms with Gasteiger partial charge >= 0.3 is 0 Å². The van der Waals surface area contributed by atoms with Gasteiger partial charge in [-0.05, 0) is 11.5 Å². The van der Waals surface area contributed by atoms with Crippen LogP contribution >= 0.6 is 0 Å². The monoisotopic (exact) mass is 158 g/mol. The molecule has 0 saturated heterocycles. The van der Waals surface area contributed by atoms with Crippen LogP contribution in [0.15, 0.2) is 36.5 Å². The Morgan fingerprint density at radius 2 is 1.92 bits per heavy atom. The standard InChI is InChI=1S/C10H8NO/c12-7-10-5-8-3-1-2-4-9(8)6-11-10/h1-6H,7H2. The van der Waals surface area contributed by atoms with E-state index in [4.69, 9.17) is 0 Å². The first kappa shape index (κ1) is 7.25. The van der Waals surface area contributed by atoms with E-state index < -0.39 is 0 Å². The minimum Gasteiger partial charge on any atom is -0.258 e. The molecule has 2 nitrogen and oxygen atoms in total. The normalized spacial score (nSPS) is 10.4. The Balaban J connectivity index is 2.67. The second kappa shape index (κ2) is 2.91. The molecule has 0 amide bonds. The van der Waals surface area contributed by atoms with Crippen molar-refractivity contribution in [3.63, 3.8) is 0 Å². The molecule has 0 aliphatic heterocycles. The minimum atomic E-state index is -0.245. The van der Waals surface area contributed by atoms with E-state index >= 15 is 0 Å². The van der Waals surface area contributed by atoms with Gasteiger partial charge in [-0.15, -0.1) is 0 Å². The topological polar surface area (TPSA) is 32.8 Å². The van der Waals surface area contributed by atoms with Crippen LogP contribution in [0.2, 0.25) is 0 Å². The second-order valence-corrected chi connectivity index (χ2v) is 2.67. The summed E-state index contributed by atoms with van der Waals surface area (Å²) in [4.78, 5) is 4.01. The van der Waals surface area contributed by atoms with Gasteiger partial charge in [-0.1, -0.05) is 24.3 Å². The van der Waals surface area contributed by atoms with Crippen molar-refractivity contribution in [1.82, 2.24) is 4.98 Å². The van der Waals surface area contributed by atoms with Crippen molar-refractivity contribution in [2.45, 2.75) is 6.61 Å². The van der Waals surface area contributed by atoms with E-state index in [2.05, 4.69) is 4.98 Å². The first-order valence-electron chi connectivity index (χ1n) is 3.82. The fourth-order valence-electron chi connectivity index (χ4n) is 1.21. The third kappa shape index (κ3) is 1.17. The fourth-order valence-corrected chi connectivity index (χ4v) is 1.21. The highest BCUT2D eigenvalue weighted by atomic mass is 16.3. The van der Waals surface area contributed by atoms with Gasteiger partial charge in [0.2, 0.25) is 0 Å². The van der Waals surface area contributed by atoms with Crippen LogP contribution in [-0.2, 0) is 11.7 Å². The summed E-state index contributed by atoms with van der Waals surface area (Å²) in [6, 6.07) is 9.72. The largest absolute Gasteiger partial charge is 0.258 e. The molecule has 0 aliphatic rings. The van der Waals surface area contributed by atoms with Crippen molar-refractivity contribution in [2.24, 2.45) is 0 Å². The zero-order chi connectivity index (χ0) is 8.39. The van der Waals surface area contributed by atoms with E-state index in [0.29, 0.717) is 5.69 Å². The number of hydrogen-bond donors (Lipinski definition) is 0. The van der Waals surface area contributed by atoms with Crippen LogP contribution in [0.5, 0.6) is 0 Å². The summed E-state index contributed by atoms with van der Waals surface area (Å²) in [5.41, 5.74) is 0.605. The Hall–Kier alpha value is -1.41. The molecule has 12 heavy (non-hydrogen) atoms. The molecule has 0 spiro atoms. The van der Waals surface area contributed by atoms with Crippen molar-refractivity contribution in [2.75, 3.05) is 0 Å². The lowest BCUT2D eigenvalue weighted by Gasteiger charge is -1.97. The predicted octanol–water partition coefficient (Wildman–Crippen LogP) is 2.17. The summed E-state index contributed by atoms with van der Waals surface area (Å²) in [5, 5.41) is 12.7. The van der Waals surface area contributed by atoms with Crippen molar-refractivity contribution >= 4 is 10.8 Å². The van der Waals surface area contributed by atoms with Crippen molar-refractivity contribution in [3.8, 4) is 0 Å². The maximum Gasteiger partial charge on any atom is 0.124 e. The molecule has 0 bridgehead atoms. The van der Waals surface area contributed by atoms with Crippen LogP contribution < -0.4 is 0 Å². The zero-order valence-electron chi connectivity index (χ0n) is 6.53. The molecular weight excluding hydrogens is 150 g/mol. The number of rotatable bonds is 1. The summed E-state index contributed by atoms with van der Waals surface area (Å²) in [6.45, 7) is -0.245.